The molecule has 0 aliphatic rings. The minimum absolute atomic E-state index is 0.738. The van der Waals surface area contributed by atoms with Gasteiger partial charge in [0, 0.05) is 63.2 Å². The second-order valence-electron chi connectivity index (χ2n) is 11.4. The Bertz CT molecular complexity index is 2770. The Labute approximate surface area is 266 Å². The Morgan fingerprint density at radius 3 is 2.04 bits per heavy atom. The molecular weight excluding hydrogens is 587 g/mol. The summed E-state index contributed by atoms with van der Waals surface area (Å²) in [7, 11) is 0. The van der Waals surface area contributed by atoms with Gasteiger partial charge in [0.05, 0.1) is 16.7 Å². The summed E-state index contributed by atoms with van der Waals surface area (Å²) in [5.41, 5.74) is 6.57. The van der Waals surface area contributed by atoms with Crippen molar-refractivity contribution in [2.45, 2.75) is 0 Å². The lowest BCUT2D eigenvalue weighted by Crippen LogP contribution is -1.97. The highest BCUT2D eigenvalue weighted by atomic mass is 32.1. The number of hydrogen-bond acceptors (Lipinski definition) is 4. The van der Waals surface area contributed by atoms with Gasteiger partial charge in [0.1, 0.15) is 4.83 Å². The molecule has 0 bridgehead atoms. The summed E-state index contributed by atoms with van der Waals surface area (Å²) >= 11 is 3.62. The minimum Gasteiger partial charge on any atom is -0.309 e. The van der Waals surface area contributed by atoms with Gasteiger partial charge in [-0.1, -0.05) is 103 Å². The molecule has 0 fully saturated rings. The lowest BCUT2D eigenvalue weighted by Gasteiger charge is -2.11. The number of thiophene rings is 2. The molecule has 0 N–H and O–H groups in total. The summed E-state index contributed by atoms with van der Waals surface area (Å²) in [6.45, 7) is 0. The minimum atomic E-state index is 0.738. The Morgan fingerprint density at radius 2 is 1.18 bits per heavy atom. The van der Waals surface area contributed by atoms with Gasteiger partial charge in [-0.2, -0.15) is 0 Å². The quantitative estimate of drug-likeness (QED) is 0.199. The molecule has 4 aromatic heterocycles. The van der Waals surface area contributed by atoms with Gasteiger partial charge in [0.2, 0.25) is 0 Å². The third-order valence-electron chi connectivity index (χ3n) is 8.83. The molecule has 0 atom stereocenters. The van der Waals surface area contributed by atoms with Gasteiger partial charge in [-0.05, 0) is 36.4 Å². The summed E-state index contributed by atoms with van der Waals surface area (Å²) in [4.78, 5) is 11.5. The first-order valence-corrected chi connectivity index (χ1v) is 16.6. The number of aromatic nitrogens is 3. The standard InChI is InChI=1S/C40H23N3S2/c1-2-11-24(12-3-1)37-36-30-17-6-9-20-34(30)45-40(36)42-39(41-37)25-13-10-14-26(23-25)43-31-18-7-4-16-29(31)35-32(43)22-21-28-27-15-5-8-19-33(27)44-38(28)35/h1-23H. The van der Waals surface area contributed by atoms with E-state index in [-0.39, 0.29) is 0 Å². The van der Waals surface area contributed by atoms with Crippen molar-refractivity contribution in [1.29, 1.82) is 0 Å². The molecule has 6 aromatic carbocycles. The largest absolute Gasteiger partial charge is 0.309 e. The molecule has 4 heterocycles. The highest BCUT2D eigenvalue weighted by Gasteiger charge is 2.19. The molecule has 10 aromatic rings. The van der Waals surface area contributed by atoms with Crippen LogP contribution in [0.2, 0.25) is 0 Å². The normalized spacial score (nSPS) is 12.0. The SMILES string of the molecule is c1ccc(-c2nc(-c3cccc(-n4c5ccccc5c5c6sc7ccccc7c6ccc54)c3)nc3sc4ccccc4c23)cc1. The lowest BCUT2D eigenvalue weighted by atomic mass is 10.1. The van der Waals surface area contributed by atoms with E-state index in [1.54, 1.807) is 11.3 Å². The van der Waals surface area contributed by atoms with E-state index >= 15 is 0 Å². The number of para-hydroxylation sites is 1. The van der Waals surface area contributed by atoms with Gasteiger partial charge in [0.15, 0.2) is 5.82 Å². The number of nitrogens with zero attached hydrogens (tertiary/aromatic N) is 3. The number of rotatable bonds is 3. The smallest absolute Gasteiger partial charge is 0.161 e. The third kappa shape index (κ3) is 3.69. The zero-order valence-electron chi connectivity index (χ0n) is 23.9. The zero-order valence-corrected chi connectivity index (χ0v) is 25.6. The van der Waals surface area contributed by atoms with Crippen LogP contribution in [0.3, 0.4) is 0 Å². The highest BCUT2D eigenvalue weighted by Crippen LogP contribution is 2.44. The Morgan fingerprint density at radius 1 is 0.467 bits per heavy atom. The Kier molecular flexibility index (Phi) is 5.32. The number of hydrogen-bond donors (Lipinski definition) is 0. The Hall–Kier alpha value is -5.36. The van der Waals surface area contributed by atoms with Gasteiger partial charge in [-0.25, -0.2) is 9.97 Å². The van der Waals surface area contributed by atoms with E-state index in [2.05, 4.69) is 144 Å². The average molecular weight is 610 g/mol. The molecule has 3 nitrogen and oxygen atoms in total. The van der Waals surface area contributed by atoms with Crippen LogP contribution in [-0.2, 0) is 0 Å². The molecule has 210 valence electrons. The van der Waals surface area contributed by atoms with E-state index in [1.807, 2.05) is 11.3 Å². The maximum absolute atomic E-state index is 5.26. The molecule has 0 spiro atoms. The van der Waals surface area contributed by atoms with E-state index < -0.39 is 0 Å². The van der Waals surface area contributed by atoms with Crippen molar-refractivity contribution in [1.82, 2.24) is 14.5 Å². The van der Waals surface area contributed by atoms with Crippen molar-refractivity contribution in [2.24, 2.45) is 0 Å². The number of benzene rings is 6. The number of fused-ring (bicyclic) bond motifs is 10. The maximum Gasteiger partial charge on any atom is 0.161 e. The molecule has 0 aliphatic carbocycles. The maximum atomic E-state index is 5.26. The fourth-order valence-electron chi connectivity index (χ4n) is 6.85. The van der Waals surface area contributed by atoms with Crippen LogP contribution in [0.1, 0.15) is 0 Å². The van der Waals surface area contributed by atoms with Crippen LogP contribution in [-0.4, -0.2) is 14.5 Å². The molecule has 0 radical (unpaired) electrons. The summed E-state index contributed by atoms with van der Waals surface area (Å²) in [5, 5.41) is 7.54. The van der Waals surface area contributed by atoms with Crippen molar-refractivity contribution in [3.8, 4) is 28.3 Å². The topological polar surface area (TPSA) is 30.7 Å². The second-order valence-corrected chi connectivity index (χ2v) is 13.5. The van der Waals surface area contributed by atoms with E-state index in [4.69, 9.17) is 9.97 Å². The first-order valence-electron chi connectivity index (χ1n) is 15.0. The van der Waals surface area contributed by atoms with Gasteiger partial charge < -0.3 is 4.57 Å². The van der Waals surface area contributed by atoms with E-state index in [0.717, 1.165) is 38.5 Å². The van der Waals surface area contributed by atoms with Crippen LogP contribution in [0.4, 0.5) is 0 Å². The summed E-state index contributed by atoms with van der Waals surface area (Å²) in [6.07, 6.45) is 0. The molecule has 45 heavy (non-hydrogen) atoms. The first-order chi connectivity index (χ1) is 22.3. The Balaban J connectivity index is 1.23. The van der Waals surface area contributed by atoms with Crippen molar-refractivity contribution in [2.75, 3.05) is 0 Å². The fraction of sp³-hybridized carbons (Fsp3) is 0. The van der Waals surface area contributed by atoms with Crippen LogP contribution in [0.5, 0.6) is 0 Å². The van der Waals surface area contributed by atoms with Crippen molar-refractivity contribution >= 4 is 85.0 Å². The molecule has 10 rings (SSSR count). The monoisotopic (exact) mass is 609 g/mol. The lowest BCUT2D eigenvalue weighted by molar-refractivity contribution is 1.17. The zero-order chi connectivity index (χ0) is 29.5. The van der Waals surface area contributed by atoms with Crippen LogP contribution in [0.15, 0.2) is 140 Å². The van der Waals surface area contributed by atoms with Crippen LogP contribution < -0.4 is 0 Å². The van der Waals surface area contributed by atoms with Gasteiger partial charge in [-0.3, -0.25) is 0 Å². The van der Waals surface area contributed by atoms with E-state index in [9.17, 15) is 0 Å². The first kappa shape index (κ1) is 25.0. The molecule has 0 amide bonds. The van der Waals surface area contributed by atoms with Crippen molar-refractivity contribution in [3.05, 3.63) is 140 Å². The van der Waals surface area contributed by atoms with Gasteiger partial charge >= 0.3 is 0 Å². The van der Waals surface area contributed by atoms with Crippen LogP contribution in [0.25, 0.3) is 90.6 Å². The molecule has 5 heteroatoms. The predicted molar refractivity (Wildman–Crippen MR) is 193 cm³/mol. The van der Waals surface area contributed by atoms with Crippen molar-refractivity contribution in [3.63, 3.8) is 0 Å². The third-order valence-corrected chi connectivity index (χ3v) is 11.1. The average Bonchev–Trinajstić information content (AvgIpc) is 3.77. The molecular formula is C40H23N3S2. The van der Waals surface area contributed by atoms with Crippen LogP contribution in [0, 0.1) is 0 Å². The molecule has 0 saturated carbocycles. The summed E-state index contributed by atoms with van der Waals surface area (Å²) in [6, 6.07) is 49.8. The van der Waals surface area contributed by atoms with Crippen LogP contribution >= 0.6 is 22.7 Å². The fourth-order valence-corrected chi connectivity index (χ4v) is 9.19. The predicted octanol–water partition coefficient (Wildman–Crippen LogP) is 11.6. The molecule has 0 aliphatic heterocycles. The van der Waals surface area contributed by atoms with E-state index in [1.165, 1.54) is 52.1 Å². The second kappa shape index (κ2) is 9.57. The van der Waals surface area contributed by atoms with E-state index in [0.29, 0.717) is 0 Å². The summed E-state index contributed by atoms with van der Waals surface area (Å²) in [5.74, 6) is 0.738. The summed E-state index contributed by atoms with van der Waals surface area (Å²) < 4.78 is 6.28. The highest BCUT2D eigenvalue weighted by molar-refractivity contribution is 7.27. The van der Waals surface area contributed by atoms with Gasteiger partial charge in [0.25, 0.3) is 0 Å². The van der Waals surface area contributed by atoms with Gasteiger partial charge in [-0.15, -0.1) is 22.7 Å². The molecule has 0 unspecified atom stereocenters. The molecule has 0 saturated heterocycles. The van der Waals surface area contributed by atoms with Crippen molar-refractivity contribution < 1.29 is 0 Å².